The topological polar surface area (TPSA) is 76.9 Å². The summed E-state index contributed by atoms with van der Waals surface area (Å²) in [6.45, 7) is 6.30. The van der Waals surface area contributed by atoms with E-state index in [2.05, 4.69) is 9.88 Å². The molecular weight excluding hydrogens is 360 g/mol. The summed E-state index contributed by atoms with van der Waals surface area (Å²) >= 11 is 0. The Morgan fingerprint density at radius 1 is 1.29 bits per heavy atom. The number of hydrogen-bond acceptors (Lipinski definition) is 6. The van der Waals surface area contributed by atoms with Crippen LogP contribution in [0.1, 0.15) is 39.0 Å². The Labute approximate surface area is 165 Å². The lowest BCUT2D eigenvalue weighted by Crippen LogP contribution is -2.51. The van der Waals surface area contributed by atoms with Crippen molar-refractivity contribution in [2.45, 2.75) is 57.7 Å². The van der Waals surface area contributed by atoms with Gasteiger partial charge in [0.25, 0.3) is 0 Å². The zero-order chi connectivity index (χ0) is 19.6. The van der Waals surface area contributed by atoms with Gasteiger partial charge in [-0.2, -0.15) is 0 Å². The van der Waals surface area contributed by atoms with Gasteiger partial charge in [-0.3, -0.25) is 4.79 Å². The summed E-state index contributed by atoms with van der Waals surface area (Å²) in [5.41, 5.74) is -0.312. The zero-order valence-electron chi connectivity index (χ0n) is 16.6. The number of rotatable bonds is 4. The summed E-state index contributed by atoms with van der Waals surface area (Å²) in [7, 11) is 0. The number of likely N-dealkylation sites (tertiary alicyclic amines) is 2. The maximum atomic E-state index is 12.6. The maximum absolute atomic E-state index is 12.6. The Bertz CT molecular complexity index is 676. The minimum Gasteiger partial charge on any atom is -0.460 e. The fourth-order valence-electron chi connectivity index (χ4n) is 4.92. The lowest BCUT2D eigenvalue weighted by Gasteiger charge is -2.43. The fraction of sp³-hybridized carbons (Fsp3) is 0.750. The van der Waals surface area contributed by atoms with Gasteiger partial charge < -0.3 is 23.8 Å². The third kappa shape index (κ3) is 3.87. The smallest absolute Gasteiger partial charge is 0.409 e. The van der Waals surface area contributed by atoms with Crippen LogP contribution in [0.15, 0.2) is 18.7 Å². The molecular formula is C20H30N4O4. The number of amides is 1. The maximum Gasteiger partial charge on any atom is 0.409 e. The van der Waals surface area contributed by atoms with E-state index < -0.39 is 0 Å². The standard InChI is InChI=1S/C20H30N4O4/c1-2-27-19(26)24-8-3-16(4-9-24)23-10-5-20(6-11-23)13-17(28-18(20)25)14-22-12-7-21-15-22/h7,12,15-17H,2-6,8-11,13-14H2,1H3. The van der Waals surface area contributed by atoms with E-state index in [9.17, 15) is 9.59 Å². The quantitative estimate of drug-likeness (QED) is 0.731. The molecule has 3 saturated heterocycles. The Hall–Kier alpha value is -2.09. The van der Waals surface area contributed by atoms with Gasteiger partial charge in [0.05, 0.1) is 24.9 Å². The molecule has 4 rings (SSSR count). The Morgan fingerprint density at radius 3 is 2.68 bits per heavy atom. The van der Waals surface area contributed by atoms with Crippen LogP contribution in [0.4, 0.5) is 4.79 Å². The van der Waals surface area contributed by atoms with Crippen molar-refractivity contribution in [3.63, 3.8) is 0 Å². The Morgan fingerprint density at radius 2 is 2.04 bits per heavy atom. The van der Waals surface area contributed by atoms with E-state index in [1.54, 1.807) is 17.4 Å². The molecule has 28 heavy (non-hydrogen) atoms. The first-order valence-electron chi connectivity index (χ1n) is 10.4. The Kier molecular flexibility index (Phi) is 5.57. The second-order valence-corrected chi connectivity index (χ2v) is 8.22. The van der Waals surface area contributed by atoms with Gasteiger partial charge in [-0.05, 0) is 45.7 Å². The third-order valence-electron chi connectivity index (χ3n) is 6.56. The van der Waals surface area contributed by atoms with Gasteiger partial charge in [-0.25, -0.2) is 9.78 Å². The van der Waals surface area contributed by atoms with Crippen LogP contribution in [0, 0.1) is 5.41 Å². The molecule has 1 unspecified atom stereocenters. The number of aromatic nitrogens is 2. The van der Waals surface area contributed by atoms with Gasteiger partial charge in [0.1, 0.15) is 6.10 Å². The second-order valence-electron chi connectivity index (χ2n) is 8.22. The molecule has 154 valence electrons. The summed E-state index contributed by atoms with van der Waals surface area (Å²) in [5, 5.41) is 0. The van der Waals surface area contributed by atoms with Crippen molar-refractivity contribution < 1.29 is 19.1 Å². The van der Waals surface area contributed by atoms with Crippen LogP contribution in [0.3, 0.4) is 0 Å². The monoisotopic (exact) mass is 390 g/mol. The first-order chi connectivity index (χ1) is 13.6. The van der Waals surface area contributed by atoms with E-state index in [4.69, 9.17) is 9.47 Å². The number of piperidine rings is 2. The van der Waals surface area contributed by atoms with Crippen LogP contribution >= 0.6 is 0 Å². The largest absolute Gasteiger partial charge is 0.460 e. The molecule has 8 heteroatoms. The van der Waals surface area contributed by atoms with Crippen LogP contribution in [-0.4, -0.2) is 76.3 Å². The minimum absolute atomic E-state index is 0.0191. The molecule has 3 aliphatic rings. The molecule has 1 amide bonds. The number of esters is 1. The van der Waals surface area contributed by atoms with Gasteiger partial charge >= 0.3 is 12.1 Å². The normalized spacial score (nSPS) is 25.8. The average molecular weight is 390 g/mol. The van der Waals surface area contributed by atoms with Crippen molar-refractivity contribution in [1.82, 2.24) is 19.4 Å². The molecule has 1 atom stereocenters. The van der Waals surface area contributed by atoms with Crippen LogP contribution in [0.25, 0.3) is 0 Å². The highest BCUT2D eigenvalue weighted by molar-refractivity contribution is 5.79. The van der Waals surface area contributed by atoms with Crippen LogP contribution in [-0.2, 0) is 20.8 Å². The summed E-state index contributed by atoms with van der Waals surface area (Å²) in [4.78, 5) is 32.9. The molecule has 3 aliphatic heterocycles. The summed E-state index contributed by atoms with van der Waals surface area (Å²) in [6.07, 6.45) is 9.65. The lowest BCUT2D eigenvalue weighted by molar-refractivity contribution is -0.151. The average Bonchev–Trinajstić information content (AvgIpc) is 3.31. The number of carbonyl (C=O) groups is 2. The van der Waals surface area contributed by atoms with Crippen molar-refractivity contribution >= 4 is 12.1 Å². The van der Waals surface area contributed by atoms with Crippen molar-refractivity contribution in [1.29, 1.82) is 0 Å². The highest BCUT2D eigenvalue weighted by Crippen LogP contribution is 2.44. The van der Waals surface area contributed by atoms with Crippen molar-refractivity contribution in [2.75, 3.05) is 32.8 Å². The molecule has 0 aliphatic carbocycles. The SMILES string of the molecule is CCOC(=O)N1CCC(N2CCC3(CC2)CC(Cn2ccnc2)OC3=O)CC1. The Balaban J connectivity index is 1.27. The zero-order valence-corrected chi connectivity index (χ0v) is 16.6. The van der Waals surface area contributed by atoms with E-state index >= 15 is 0 Å². The van der Waals surface area contributed by atoms with Crippen LogP contribution < -0.4 is 0 Å². The summed E-state index contributed by atoms with van der Waals surface area (Å²) in [5.74, 6) is -0.0191. The molecule has 4 heterocycles. The number of hydrogen-bond donors (Lipinski definition) is 0. The molecule has 0 saturated carbocycles. The van der Waals surface area contributed by atoms with Crippen molar-refractivity contribution in [3.05, 3.63) is 18.7 Å². The predicted molar refractivity (Wildman–Crippen MR) is 102 cm³/mol. The van der Waals surface area contributed by atoms with Crippen molar-refractivity contribution in [2.24, 2.45) is 5.41 Å². The van der Waals surface area contributed by atoms with Gasteiger partial charge in [-0.1, -0.05) is 0 Å². The molecule has 8 nitrogen and oxygen atoms in total. The van der Waals surface area contributed by atoms with Gasteiger partial charge in [0.2, 0.25) is 0 Å². The first kappa shape index (κ1) is 19.2. The number of nitrogens with zero attached hydrogens (tertiary/aromatic N) is 4. The molecule has 0 N–H and O–H groups in total. The predicted octanol–water partition coefficient (Wildman–Crippen LogP) is 1.90. The fourth-order valence-corrected chi connectivity index (χ4v) is 4.92. The van der Waals surface area contributed by atoms with Gasteiger partial charge in [-0.15, -0.1) is 0 Å². The first-order valence-corrected chi connectivity index (χ1v) is 10.4. The van der Waals surface area contributed by atoms with E-state index in [0.29, 0.717) is 19.2 Å². The number of carbonyl (C=O) groups excluding carboxylic acids is 2. The highest BCUT2D eigenvalue weighted by Gasteiger charge is 2.51. The van der Waals surface area contributed by atoms with Crippen LogP contribution in [0.5, 0.6) is 0 Å². The molecule has 1 aromatic heterocycles. The summed E-state index contributed by atoms with van der Waals surface area (Å²) in [6, 6.07) is 0.488. The minimum atomic E-state index is -0.312. The lowest BCUT2D eigenvalue weighted by atomic mass is 9.75. The number of imidazole rings is 1. The molecule has 0 radical (unpaired) electrons. The van der Waals surface area contributed by atoms with E-state index in [1.165, 1.54) is 0 Å². The number of ether oxygens (including phenoxy) is 2. The molecule has 1 aromatic rings. The van der Waals surface area contributed by atoms with E-state index in [1.807, 2.05) is 17.7 Å². The van der Waals surface area contributed by atoms with Gasteiger partial charge in [0, 0.05) is 37.9 Å². The second kappa shape index (κ2) is 8.11. The number of cyclic esters (lactones) is 1. The van der Waals surface area contributed by atoms with E-state index in [0.717, 1.165) is 58.3 Å². The third-order valence-corrected chi connectivity index (χ3v) is 6.56. The highest BCUT2D eigenvalue weighted by atomic mass is 16.6. The molecule has 1 spiro atoms. The van der Waals surface area contributed by atoms with E-state index in [-0.39, 0.29) is 23.6 Å². The van der Waals surface area contributed by atoms with Gasteiger partial charge in [0.15, 0.2) is 0 Å². The van der Waals surface area contributed by atoms with Crippen molar-refractivity contribution in [3.8, 4) is 0 Å². The summed E-state index contributed by atoms with van der Waals surface area (Å²) < 4.78 is 12.8. The molecule has 0 aromatic carbocycles. The van der Waals surface area contributed by atoms with Crippen LogP contribution in [0.2, 0.25) is 0 Å². The molecule has 0 bridgehead atoms. The molecule has 3 fully saturated rings.